The fraction of sp³-hybridized carbons (Fsp3) is 0.481. The van der Waals surface area contributed by atoms with Crippen molar-refractivity contribution in [2.75, 3.05) is 14.1 Å². The van der Waals surface area contributed by atoms with Crippen molar-refractivity contribution < 1.29 is 29.7 Å². The zero-order valence-corrected chi connectivity index (χ0v) is 21.7. The number of aryl methyl sites for hydroxylation is 1. The summed E-state index contributed by atoms with van der Waals surface area (Å²) in [5.74, 6) is -5.47. The summed E-state index contributed by atoms with van der Waals surface area (Å²) in [5, 5.41) is 43.7. The van der Waals surface area contributed by atoms with Crippen molar-refractivity contribution in [1.29, 1.82) is 5.26 Å². The van der Waals surface area contributed by atoms with Crippen LogP contribution in [0.25, 0.3) is 5.76 Å². The van der Waals surface area contributed by atoms with E-state index in [2.05, 4.69) is 6.92 Å². The average molecular weight is 524 g/mol. The molecule has 1 fully saturated rings. The van der Waals surface area contributed by atoms with Crippen molar-refractivity contribution in [3.05, 3.63) is 45.7 Å². The maximum absolute atomic E-state index is 14.3. The molecule has 4 atom stereocenters. The summed E-state index contributed by atoms with van der Waals surface area (Å²) < 4.78 is 0. The summed E-state index contributed by atoms with van der Waals surface area (Å²) in [5.41, 5.74) is 12.8. The Kier molecular flexibility index (Phi) is 6.43. The summed E-state index contributed by atoms with van der Waals surface area (Å²) in [6.45, 7) is 2.07. The first-order valence-corrected chi connectivity index (χ1v) is 12.5. The molecule has 0 radical (unpaired) electrons. The first-order chi connectivity index (χ1) is 17.7. The summed E-state index contributed by atoms with van der Waals surface area (Å²) in [7, 11) is 2.97. The van der Waals surface area contributed by atoms with E-state index in [0.717, 1.165) is 24.8 Å². The SMILES string of the molecule is CCCCCc1ccc(O)c2c1C[C@@]1(N)C[C@@]3(N)[C@H](N(C)C)C(=O)C(C(N)=O)=C(O)[C@@]3(C#N)C(=O)C1=C2O. The highest BCUT2D eigenvalue weighted by Crippen LogP contribution is 2.58. The number of aliphatic hydroxyl groups excluding tert-OH is 2. The number of nitrogens with two attached hydrogens (primary N) is 3. The Morgan fingerprint density at radius 1 is 1.18 bits per heavy atom. The normalized spacial score (nSPS) is 30.6. The topological polar surface area (TPSA) is 217 Å². The molecule has 1 saturated carbocycles. The Hall–Kier alpha value is -3.72. The van der Waals surface area contributed by atoms with Gasteiger partial charge < -0.3 is 32.5 Å². The first-order valence-electron chi connectivity index (χ1n) is 12.5. The molecule has 4 rings (SSSR count). The van der Waals surface area contributed by atoms with E-state index in [1.54, 1.807) is 12.1 Å². The number of Topliss-reactive ketones (excluding diaryl/α,β-unsaturated/α-hetero) is 2. The summed E-state index contributed by atoms with van der Waals surface area (Å²) in [6, 6.07) is 3.51. The minimum absolute atomic E-state index is 0.0225. The van der Waals surface area contributed by atoms with Gasteiger partial charge in [-0.3, -0.25) is 19.3 Å². The molecule has 1 aromatic carbocycles. The second kappa shape index (κ2) is 8.94. The minimum atomic E-state index is -2.65. The molecule has 9 N–H and O–H groups in total. The number of primary amides is 1. The molecule has 202 valence electrons. The van der Waals surface area contributed by atoms with Crippen LogP contribution in [0.4, 0.5) is 0 Å². The van der Waals surface area contributed by atoms with Crippen molar-refractivity contribution in [1.82, 2.24) is 4.90 Å². The van der Waals surface area contributed by atoms with Crippen molar-refractivity contribution >= 4 is 23.2 Å². The van der Waals surface area contributed by atoms with Gasteiger partial charge >= 0.3 is 0 Å². The number of unbranched alkanes of at least 4 members (excludes halogenated alkanes) is 2. The van der Waals surface area contributed by atoms with Gasteiger partial charge in [-0.15, -0.1) is 0 Å². The van der Waals surface area contributed by atoms with E-state index in [4.69, 9.17) is 17.2 Å². The third-order valence-electron chi connectivity index (χ3n) is 8.28. The molecule has 0 aliphatic heterocycles. The van der Waals surface area contributed by atoms with Crippen LogP contribution in [0.5, 0.6) is 5.75 Å². The molecule has 1 aromatic rings. The third kappa shape index (κ3) is 3.34. The molecule has 3 aliphatic carbocycles. The molecule has 11 nitrogen and oxygen atoms in total. The Balaban J connectivity index is 2.06. The molecule has 0 saturated heterocycles. The van der Waals surface area contributed by atoms with E-state index in [1.807, 2.05) is 0 Å². The van der Waals surface area contributed by atoms with E-state index in [1.165, 1.54) is 25.1 Å². The van der Waals surface area contributed by atoms with Gasteiger partial charge in [0.05, 0.1) is 34.3 Å². The van der Waals surface area contributed by atoms with Gasteiger partial charge in [0.15, 0.2) is 17.0 Å². The maximum atomic E-state index is 14.3. The third-order valence-corrected chi connectivity index (χ3v) is 8.28. The van der Waals surface area contributed by atoms with Crippen LogP contribution in [0.1, 0.15) is 49.3 Å². The number of aliphatic hydroxyl groups is 2. The zero-order valence-electron chi connectivity index (χ0n) is 21.7. The Labute approximate surface area is 220 Å². The summed E-state index contributed by atoms with van der Waals surface area (Å²) >= 11 is 0. The lowest BCUT2D eigenvalue weighted by molar-refractivity contribution is -0.139. The summed E-state index contributed by atoms with van der Waals surface area (Å²) in [4.78, 5) is 41.3. The van der Waals surface area contributed by atoms with Gasteiger partial charge in [-0.25, -0.2) is 0 Å². The second-order valence-corrected chi connectivity index (χ2v) is 10.8. The molecule has 38 heavy (non-hydrogen) atoms. The number of nitriles is 1. The van der Waals surface area contributed by atoms with Gasteiger partial charge in [0, 0.05) is 0 Å². The fourth-order valence-electron chi connectivity index (χ4n) is 6.69. The van der Waals surface area contributed by atoms with Crippen LogP contribution in [0.2, 0.25) is 0 Å². The number of rotatable bonds is 6. The lowest BCUT2D eigenvalue weighted by Crippen LogP contribution is -2.80. The van der Waals surface area contributed by atoms with Crippen LogP contribution >= 0.6 is 0 Å². The number of phenols is 1. The largest absolute Gasteiger partial charge is 0.509 e. The van der Waals surface area contributed by atoms with Crippen molar-refractivity contribution in [2.45, 2.75) is 62.6 Å². The van der Waals surface area contributed by atoms with Crippen molar-refractivity contribution in [3.8, 4) is 11.8 Å². The fourth-order valence-corrected chi connectivity index (χ4v) is 6.69. The molecule has 0 heterocycles. The van der Waals surface area contributed by atoms with E-state index in [0.29, 0.717) is 12.0 Å². The number of hydrogen-bond acceptors (Lipinski definition) is 10. The molecule has 1 amide bonds. The lowest BCUT2D eigenvalue weighted by atomic mass is 9.47. The Morgan fingerprint density at radius 3 is 2.39 bits per heavy atom. The number of amides is 1. The van der Waals surface area contributed by atoms with Crippen LogP contribution in [-0.2, 0) is 27.2 Å². The average Bonchev–Trinajstić information content (AvgIpc) is 2.79. The number of benzene rings is 1. The highest BCUT2D eigenvalue weighted by Gasteiger charge is 2.74. The minimum Gasteiger partial charge on any atom is -0.509 e. The molecule has 0 spiro atoms. The predicted octanol–water partition coefficient (Wildman–Crippen LogP) is 0.638. The van der Waals surface area contributed by atoms with E-state index < -0.39 is 62.7 Å². The number of hydrogen-bond donors (Lipinski definition) is 6. The molecule has 0 bridgehead atoms. The number of carbonyl (C=O) groups is 3. The van der Waals surface area contributed by atoms with Gasteiger partial charge in [0.1, 0.15) is 22.8 Å². The van der Waals surface area contributed by atoms with Crippen LogP contribution in [-0.4, -0.2) is 68.9 Å². The molecular weight excluding hydrogens is 490 g/mol. The zero-order chi connectivity index (χ0) is 28.4. The van der Waals surface area contributed by atoms with Gasteiger partial charge in [-0.2, -0.15) is 5.26 Å². The lowest BCUT2D eigenvalue weighted by Gasteiger charge is -2.58. The number of fused-ring (bicyclic) bond motifs is 3. The standard InChI is InChI=1S/C27H33N5O6/c1-4-5-6-7-13-8-9-15(33)16-14(13)10-25(30)11-27(31)21(32(2)3)20(35)17(24(29)38)22(36)26(27,12-28)23(37)18(25)19(16)34/h8-9,21,33-34,36H,4-7,10-11,30-31H2,1-3H3,(H2,29,38)/t21-,25-,26+,27-/m1/s1. The van der Waals surface area contributed by atoms with Crippen LogP contribution in [0.15, 0.2) is 29.0 Å². The summed E-state index contributed by atoms with van der Waals surface area (Å²) in [6.07, 6.45) is 3.04. The van der Waals surface area contributed by atoms with Crippen molar-refractivity contribution in [3.63, 3.8) is 0 Å². The van der Waals surface area contributed by atoms with E-state index in [9.17, 15) is 35.0 Å². The van der Waals surface area contributed by atoms with Gasteiger partial charge in [0.2, 0.25) is 0 Å². The van der Waals surface area contributed by atoms with Crippen LogP contribution in [0.3, 0.4) is 0 Å². The van der Waals surface area contributed by atoms with Crippen LogP contribution in [0, 0.1) is 16.7 Å². The maximum Gasteiger partial charge on any atom is 0.255 e. The quantitative estimate of drug-likeness (QED) is 0.226. The number of ketones is 2. The van der Waals surface area contributed by atoms with E-state index in [-0.39, 0.29) is 24.2 Å². The smallest absolute Gasteiger partial charge is 0.255 e. The van der Waals surface area contributed by atoms with E-state index >= 15 is 0 Å². The molecule has 11 heteroatoms. The molecule has 0 unspecified atom stereocenters. The van der Waals surface area contributed by atoms with Gasteiger partial charge in [-0.05, 0) is 57.0 Å². The predicted molar refractivity (Wildman–Crippen MR) is 137 cm³/mol. The highest BCUT2D eigenvalue weighted by molar-refractivity contribution is 6.25. The first kappa shape index (κ1) is 27.3. The van der Waals surface area contributed by atoms with Gasteiger partial charge in [-0.1, -0.05) is 25.8 Å². The second-order valence-electron chi connectivity index (χ2n) is 10.8. The monoisotopic (exact) mass is 523 g/mol. The van der Waals surface area contributed by atoms with Crippen molar-refractivity contribution in [2.24, 2.45) is 22.6 Å². The number of carbonyl (C=O) groups excluding carboxylic acids is 3. The molecule has 0 aromatic heterocycles. The highest BCUT2D eigenvalue weighted by atomic mass is 16.3. The number of nitrogens with zero attached hydrogens (tertiary/aromatic N) is 2. The number of phenolic OH excluding ortho intramolecular Hbond substituents is 1. The number of likely N-dealkylation sites (N-methyl/N-ethyl adjacent to an activating group) is 1. The molecular formula is C27H33N5O6. The molecule has 3 aliphatic rings. The van der Waals surface area contributed by atoms with Gasteiger partial charge in [0.25, 0.3) is 5.91 Å². The van der Waals surface area contributed by atoms with Crippen LogP contribution < -0.4 is 17.2 Å². The Morgan fingerprint density at radius 2 is 1.84 bits per heavy atom. The Bertz CT molecular complexity index is 1370. The number of aromatic hydroxyl groups is 1.